The van der Waals surface area contributed by atoms with E-state index in [2.05, 4.69) is 31.9 Å². The molecule has 2 heterocycles. The molecule has 0 unspecified atom stereocenters. The van der Waals surface area contributed by atoms with Crippen LogP contribution in [0.1, 0.15) is 57.1 Å². The van der Waals surface area contributed by atoms with Gasteiger partial charge in [-0.15, -0.1) is 0 Å². The molecule has 2 bridgehead atoms. The largest absolute Gasteiger partial charge is 0.493 e. The number of carbonyl (C=O) groups excluding carboxylic acids is 5. The minimum absolute atomic E-state index is 0.179. The average Bonchev–Trinajstić information content (AvgIpc) is 3.12. The number of piperidine rings is 1. The van der Waals surface area contributed by atoms with Gasteiger partial charge in [-0.05, 0) is 74.2 Å². The number of aryl methyl sites for hydroxylation is 1. The van der Waals surface area contributed by atoms with Gasteiger partial charge in [0.05, 0.1) is 13.0 Å². The highest BCUT2D eigenvalue weighted by molar-refractivity contribution is 5.94. The zero-order valence-electron chi connectivity index (χ0n) is 29.3. The minimum atomic E-state index is -1.02. The molecule has 4 atom stereocenters. The summed E-state index contributed by atoms with van der Waals surface area (Å²) in [6, 6.07) is 12.0. The van der Waals surface area contributed by atoms with Crippen LogP contribution < -0.4 is 41.4 Å². The minimum Gasteiger partial charge on any atom is -0.493 e. The van der Waals surface area contributed by atoms with Crippen LogP contribution in [0.2, 0.25) is 0 Å². The summed E-state index contributed by atoms with van der Waals surface area (Å²) in [6.07, 6.45) is 3.57. The van der Waals surface area contributed by atoms with E-state index in [9.17, 15) is 24.0 Å². The summed E-state index contributed by atoms with van der Waals surface area (Å²) in [7, 11) is 1.52. The maximum atomic E-state index is 13.9. The zero-order valence-corrected chi connectivity index (χ0v) is 29.3. The second-order valence-corrected chi connectivity index (χ2v) is 13.2. The number of fused-ring (bicyclic) bond motifs is 2. The number of carbonyl (C=O) groups is 5. The summed E-state index contributed by atoms with van der Waals surface area (Å²) in [4.78, 5) is 67.1. The molecule has 0 aliphatic carbocycles. The molecule has 13 heteroatoms. The Bertz CT molecular complexity index is 1450. The Morgan fingerprint density at radius 3 is 2.38 bits per heavy atom. The van der Waals surface area contributed by atoms with Crippen LogP contribution in [-0.4, -0.2) is 87.6 Å². The van der Waals surface area contributed by atoms with E-state index in [4.69, 9.17) is 9.47 Å². The van der Waals surface area contributed by atoms with E-state index < -0.39 is 29.9 Å². The van der Waals surface area contributed by atoms with Gasteiger partial charge in [0.1, 0.15) is 18.1 Å². The number of rotatable bonds is 6. The molecule has 0 spiro atoms. The number of benzene rings is 2. The van der Waals surface area contributed by atoms with Gasteiger partial charge in [-0.25, -0.2) is 0 Å². The molecule has 1 fully saturated rings. The first kappa shape index (κ1) is 38.2. The van der Waals surface area contributed by atoms with Gasteiger partial charge in [0.2, 0.25) is 23.6 Å². The number of ether oxygens (including phenoxy) is 2. The lowest BCUT2D eigenvalue weighted by atomic mass is 9.97. The Labute approximate surface area is 294 Å². The number of methoxy groups -OCH3 is 1. The summed E-state index contributed by atoms with van der Waals surface area (Å²) in [5.41, 5.74) is 1.77. The molecule has 2 aromatic carbocycles. The van der Waals surface area contributed by atoms with Crippen molar-refractivity contribution in [2.75, 3.05) is 39.9 Å². The molecule has 0 saturated carbocycles. The smallest absolute Gasteiger partial charge is 0.257 e. The van der Waals surface area contributed by atoms with Crippen molar-refractivity contribution >= 4 is 29.5 Å². The van der Waals surface area contributed by atoms with Crippen molar-refractivity contribution in [1.82, 2.24) is 31.9 Å². The summed E-state index contributed by atoms with van der Waals surface area (Å²) in [5, 5.41) is 17.7. The summed E-state index contributed by atoms with van der Waals surface area (Å²) in [5.74, 6) is -1.54. The fourth-order valence-corrected chi connectivity index (χ4v) is 6.09. The van der Waals surface area contributed by atoms with E-state index in [1.54, 1.807) is 6.07 Å². The lowest BCUT2D eigenvalue weighted by molar-refractivity contribution is -0.135. The Balaban J connectivity index is 1.58. The second kappa shape index (κ2) is 19.5. The fourth-order valence-electron chi connectivity index (χ4n) is 6.09. The first-order valence-corrected chi connectivity index (χ1v) is 17.6. The average molecular weight is 693 g/mol. The van der Waals surface area contributed by atoms with Gasteiger partial charge in [-0.1, -0.05) is 50.2 Å². The van der Waals surface area contributed by atoms with Gasteiger partial charge in [-0.3, -0.25) is 24.0 Å². The standard InChI is InChI=1S/C37H52N6O7/c1-24(2)33-37(48)40-19-7-12-26-15-16-30(49-3)31(21-26)50-23-32(44)39-18-9-14-28(41-34(45)27-13-8-17-38-22-27)35(46)42-29(36(47)43-33)20-25-10-5-4-6-11-25/h4-6,10-11,15-16,21,24,27-29,33,38H,7-9,12-14,17-20,22-23H2,1-3H3,(H,39,44)(H,40,48)(H,41,45)(H,42,46)(H,43,47)/t27-,28+,29+,33-/m1/s1. The maximum absolute atomic E-state index is 13.9. The number of hydrogen-bond acceptors (Lipinski definition) is 8. The van der Waals surface area contributed by atoms with E-state index >= 15 is 0 Å². The van der Waals surface area contributed by atoms with Crippen LogP contribution in [0.15, 0.2) is 48.5 Å². The molecule has 2 aliphatic heterocycles. The fraction of sp³-hybridized carbons (Fsp3) is 0.541. The molecule has 4 rings (SSSR count). The SMILES string of the molecule is COc1ccc2cc1OCC(=O)NCCC[C@H](NC(=O)[C@@H]1CCCNC1)C(=O)N[C@@H](Cc1ccccc1)C(=O)N[C@H](C(C)C)C(=O)NCCC2. The predicted molar refractivity (Wildman–Crippen MR) is 188 cm³/mol. The molecule has 272 valence electrons. The summed E-state index contributed by atoms with van der Waals surface area (Å²) >= 11 is 0. The third kappa shape index (κ3) is 11.7. The molecule has 6 N–H and O–H groups in total. The monoisotopic (exact) mass is 692 g/mol. The molecule has 2 aliphatic rings. The molecule has 0 radical (unpaired) electrons. The highest BCUT2D eigenvalue weighted by Gasteiger charge is 2.32. The molecular weight excluding hydrogens is 640 g/mol. The van der Waals surface area contributed by atoms with Crippen LogP contribution in [0.25, 0.3) is 0 Å². The van der Waals surface area contributed by atoms with Crippen LogP contribution in [0, 0.1) is 11.8 Å². The number of amides is 5. The second-order valence-electron chi connectivity index (χ2n) is 13.2. The third-order valence-electron chi connectivity index (χ3n) is 8.98. The van der Waals surface area contributed by atoms with E-state index in [0.29, 0.717) is 50.3 Å². The molecule has 0 aromatic heterocycles. The zero-order chi connectivity index (χ0) is 35.9. The Hall–Kier alpha value is -4.65. The normalized spacial score (nSPS) is 23.4. The Morgan fingerprint density at radius 1 is 0.900 bits per heavy atom. The van der Waals surface area contributed by atoms with Crippen LogP contribution in [0.5, 0.6) is 11.5 Å². The Morgan fingerprint density at radius 2 is 1.66 bits per heavy atom. The van der Waals surface area contributed by atoms with Crippen LogP contribution >= 0.6 is 0 Å². The molecule has 2 aromatic rings. The van der Waals surface area contributed by atoms with E-state index in [1.165, 1.54) is 7.11 Å². The van der Waals surface area contributed by atoms with Crippen LogP contribution in [0.4, 0.5) is 0 Å². The lowest BCUT2D eigenvalue weighted by Crippen LogP contribution is -2.58. The summed E-state index contributed by atoms with van der Waals surface area (Å²) < 4.78 is 11.2. The van der Waals surface area contributed by atoms with Crippen molar-refractivity contribution in [1.29, 1.82) is 0 Å². The topological polar surface area (TPSA) is 176 Å². The quantitative estimate of drug-likeness (QED) is 0.263. The lowest BCUT2D eigenvalue weighted by Gasteiger charge is -2.28. The van der Waals surface area contributed by atoms with Gasteiger partial charge in [0.15, 0.2) is 18.1 Å². The maximum Gasteiger partial charge on any atom is 0.257 e. The van der Waals surface area contributed by atoms with Gasteiger partial charge < -0.3 is 41.4 Å². The molecule has 5 amide bonds. The molecular formula is C37H52N6O7. The third-order valence-corrected chi connectivity index (χ3v) is 8.98. The highest BCUT2D eigenvalue weighted by Crippen LogP contribution is 2.28. The highest BCUT2D eigenvalue weighted by atomic mass is 16.5. The number of hydrogen-bond donors (Lipinski definition) is 6. The van der Waals surface area contributed by atoms with Crippen molar-refractivity contribution in [3.05, 3.63) is 59.7 Å². The molecule has 1 saturated heterocycles. The van der Waals surface area contributed by atoms with E-state index in [1.807, 2.05) is 56.3 Å². The number of nitrogens with one attached hydrogen (secondary N) is 6. The van der Waals surface area contributed by atoms with E-state index in [0.717, 1.165) is 24.1 Å². The van der Waals surface area contributed by atoms with E-state index in [-0.39, 0.29) is 55.6 Å². The summed E-state index contributed by atoms with van der Waals surface area (Å²) in [6.45, 7) is 5.42. The van der Waals surface area contributed by atoms with Crippen molar-refractivity contribution in [2.24, 2.45) is 11.8 Å². The van der Waals surface area contributed by atoms with Crippen LogP contribution in [0.3, 0.4) is 0 Å². The first-order valence-electron chi connectivity index (χ1n) is 17.6. The van der Waals surface area contributed by atoms with Crippen molar-refractivity contribution < 1.29 is 33.4 Å². The van der Waals surface area contributed by atoms with Gasteiger partial charge >= 0.3 is 0 Å². The first-order chi connectivity index (χ1) is 24.1. The predicted octanol–water partition coefficient (Wildman–Crippen LogP) is 1.39. The van der Waals surface area contributed by atoms with Crippen molar-refractivity contribution in [2.45, 2.75) is 76.9 Å². The van der Waals surface area contributed by atoms with Gasteiger partial charge in [0.25, 0.3) is 5.91 Å². The van der Waals surface area contributed by atoms with Crippen molar-refractivity contribution in [3.63, 3.8) is 0 Å². The molecule has 13 nitrogen and oxygen atoms in total. The Kier molecular flexibility index (Phi) is 14.9. The van der Waals surface area contributed by atoms with Gasteiger partial charge in [-0.2, -0.15) is 0 Å². The van der Waals surface area contributed by atoms with Crippen molar-refractivity contribution in [3.8, 4) is 11.5 Å². The molecule has 50 heavy (non-hydrogen) atoms. The van der Waals surface area contributed by atoms with Gasteiger partial charge in [0, 0.05) is 26.1 Å². The van der Waals surface area contributed by atoms with Crippen LogP contribution in [-0.2, 0) is 36.8 Å².